The summed E-state index contributed by atoms with van der Waals surface area (Å²) in [5.41, 5.74) is 0.968. The van der Waals surface area contributed by atoms with Gasteiger partial charge >= 0.3 is 0 Å². The molecule has 0 fully saturated rings. The van der Waals surface area contributed by atoms with E-state index in [0.717, 1.165) is 21.1 Å². The minimum atomic E-state index is -1.03. The molecule has 1 aromatic carbocycles. The summed E-state index contributed by atoms with van der Waals surface area (Å²) in [5.74, 6) is 0.803. The molecule has 1 unspecified atom stereocenters. The predicted octanol–water partition coefficient (Wildman–Crippen LogP) is 1.37. The third-order valence-corrected chi connectivity index (χ3v) is 3.56. The van der Waals surface area contributed by atoms with E-state index in [1.807, 2.05) is 36.4 Å². The third-order valence-electron chi connectivity index (χ3n) is 2.39. The van der Waals surface area contributed by atoms with Crippen molar-refractivity contribution in [2.24, 2.45) is 0 Å². The Balaban J connectivity index is 2.38. The lowest BCUT2D eigenvalue weighted by atomic mass is 10.2. The molecule has 1 atom stereocenters. The zero-order valence-corrected chi connectivity index (χ0v) is 8.66. The van der Waals surface area contributed by atoms with Gasteiger partial charge in [0.25, 0.3) is 0 Å². The fraction of sp³-hybridized carbons (Fsp3) is 0. The Morgan fingerprint density at radius 2 is 2.00 bits per heavy atom. The first-order valence-electron chi connectivity index (χ1n) is 4.61. The van der Waals surface area contributed by atoms with Gasteiger partial charge in [-0.25, -0.2) is 0 Å². The van der Waals surface area contributed by atoms with Crippen LogP contribution in [0.15, 0.2) is 35.7 Å². The highest BCUT2D eigenvalue weighted by molar-refractivity contribution is 7.21. The van der Waals surface area contributed by atoms with Crippen LogP contribution in [0.25, 0.3) is 12.3 Å². The number of thiophene rings is 1. The molecule has 1 aliphatic rings. The lowest BCUT2D eigenvalue weighted by molar-refractivity contribution is 0.539. The maximum atomic E-state index is 11.6. The number of fused-ring (bicyclic) bond motifs is 2. The van der Waals surface area contributed by atoms with Gasteiger partial charge in [-0.3, -0.25) is 0 Å². The predicted molar refractivity (Wildman–Crippen MR) is 59.4 cm³/mol. The minimum Gasteiger partial charge on any atom is -0.590 e. The number of hydrogen-bond donors (Lipinski definition) is 0. The molecule has 74 valence electrons. The molecule has 0 radical (unpaired) electrons. The lowest BCUT2D eigenvalue weighted by Crippen LogP contribution is -2.19. The summed E-state index contributed by atoms with van der Waals surface area (Å²) >= 11 is 0. The van der Waals surface area contributed by atoms with Gasteiger partial charge in [0, 0.05) is 17.7 Å². The normalized spacial score (nSPS) is 13.8. The zero-order chi connectivity index (χ0) is 10.3. The van der Waals surface area contributed by atoms with E-state index < -0.39 is 10.8 Å². The summed E-state index contributed by atoms with van der Waals surface area (Å²) in [5, 5.41) is 2.57. The molecule has 1 aliphatic heterocycles. The van der Waals surface area contributed by atoms with Gasteiger partial charge in [-0.05, 0) is 16.8 Å². The van der Waals surface area contributed by atoms with Crippen LogP contribution in [0.1, 0.15) is 5.56 Å². The maximum Gasteiger partial charge on any atom is 0.183 e. The highest BCUT2D eigenvalue weighted by Crippen LogP contribution is 2.20. The van der Waals surface area contributed by atoms with Crippen molar-refractivity contribution in [1.29, 1.82) is 0 Å². The second kappa shape index (κ2) is 3.22. The Bertz CT molecular complexity index is 625. The van der Waals surface area contributed by atoms with Crippen LogP contribution in [0.5, 0.6) is 5.75 Å². The molecule has 2 aromatic rings. The first-order chi connectivity index (χ1) is 7.34. The summed E-state index contributed by atoms with van der Waals surface area (Å²) in [6.45, 7) is 0. The highest BCUT2D eigenvalue weighted by atomic mass is 32.2. The Kier molecular flexibility index (Phi) is 1.87. The molecule has 15 heavy (non-hydrogen) atoms. The van der Waals surface area contributed by atoms with Gasteiger partial charge in [-0.15, -0.1) is 0 Å². The molecule has 0 spiro atoms. The van der Waals surface area contributed by atoms with Crippen molar-refractivity contribution in [2.75, 3.05) is 0 Å². The van der Waals surface area contributed by atoms with Gasteiger partial charge in [-0.1, -0.05) is 18.2 Å². The van der Waals surface area contributed by atoms with Crippen LogP contribution in [0.3, 0.4) is 0 Å². The fourth-order valence-electron chi connectivity index (χ4n) is 1.62. The lowest BCUT2D eigenvalue weighted by Gasteiger charge is -2.01. The summed E-state index contributed by atoms with van der Waals surface area (Å²) in [7, 11) is -1.03. The second-order valence-electron chi connectivity index (χ2n) is 3.34. The van der Waals surface area contributed by atoms with Crippen LogP contribution in [-0.2, 0) is 0 Å². The highest BCUT2D eigenvalue weighted by Gasteiger charge is 2.07. The van der Waals surface area contributed by atoms with Crippen LogP contribution < -0.4 is 14.5 Å². The van der Waals surface area contributed by atoms with Crippen molar-refractivity contribution >= 4 is 23.1 Å². The standard InChI is InChI=1S/C12H8O2S/c13-15-6-5-10-8-14-11-4-2-1-3-9(11)7-12(10)15/h1-8H. The monoisotopic (exact) mass is 216 g/mol. The van der Waals surface area contributed by atoms with Gasteiger partial charge in [0.15, 0.2) is 4.53 Å². The van der Waals surface area contributed by atoms with E-state index in [1.54, 1.807) is 11.6 Å². The first-order valence-corrected chi connectivity index (χ1v) is 5.82. The number of ether oxygens (including phenoxy) is 1. The average molecular weight is 216 g/mol. The van der Waals surface area contributed by atoms with Crippen LogP contribution in [0.2, 0.25) is 0 Å². The molecule has 3 heteroatoms. The van der Waals surface area contributed by atoms with E-state index in [4.69, 9.17) is 4.74 Å². The van der Waals surface area contributed by atoms with Crippen LogP contribution in [0, 0.1) is 0 Å². The van der Waals surface area contributed by atoms with Crippen molar-refractivity contribution in [3.05, 3.63) is 51.0 Å². The average Bonchev–Trinajstić information content (AvgIpc) is 2.51. The molecule has 3 rings (SSSR count). The van der Waals surface area contributed by atoms with Crippen molar-refractivity contribution in [1.82, 2.24) is 0 Å². The van der Waals surface area contributed by atoms with Crippen molar-refractivity contribution < 1.29 is 9.29 Å². The van der Waals surface area contributed by atoms with E-state index in [-0.39, 0.29) is 0 Å². The van der Waals surface area contributed by atoms with E-state index >= 15 is 0 Å². The van der Waals surface area contributed by atoms with Gasteiger partial charge in [0.2, 0.25) is 0 Å². The second-order valence-corrected chi connectivity index (χ2v) is 4.64. The fourth-order valence-corrected chi connectivity index (χ4v) is 2.63. The summed E-state index contributed by atoms with van der Waals surface area (Å²) in [4.78, 5) is 0. The van der Waals surface area contributed by atoms with Crippen molar-refractivity contribution in [3.63, 3.8) is 0 Å². The maximum absolute atomic E-state index is 11.6. The molecular formula is C12H8O2S. The molecule has 2 nitrogen and oxygen atoms in total. The Morgan fingerprint density at radius 3 is 2.93 bits per heavy atom. The molecule has 0 bridgehead atoms. The Morgan fingerprint density at radius 1 is 1.13 bits per heavy atom. The van der Waals surface area contributed by atoms with Crippen LogP contribution >= 0.6 is 10.8 Å². The van der Waals surface area contributed by atoms with Gasteiger partial charge in [0.1, 0.15) is 17.4 Å². The number of hydrogen-bond acceptors (Lipinski definition) is 2. The van der Waals surface area contributed by atoms with Crippen molar-refractivity contribution in [2.45, 2.75) is 0 Å². The summed E-state index contributed by atoms with van der Waals surface area (Å²) in [6, 6.07) is 9.54. The van der Waals surface area contributed by atoms with E-state index in [9.17, 15) is 4.55 Å². The van der Waals surface area contributed by atoms with Gasteiger partial charge < -0.3 is 9.29 Å². The minimum absolute atomic E-state index is 0.803. The van der Waals surface area contributed by atoms with Gasteiger partial charge in [-0.2, -0.15) is 0 Å². The molecular weight excluding hydrogens is 208 g/mol. The van der Waals surface area contributed by atoms with E-state index in [0.29, 0.717) is 0 Å². The first kappa shape index (κ1) is 8.71. The quantitative estimate of drug-likeness (QED) is 0.623. The summed E-state index contributed by atoms with van der Waals surface area (Å²) in [6.07, 6.45) is 3.57. The Labute approximate surface area is 89.6 Å². The largest absolute Gasteiger partial charge is 0.590 e. The molecule has 0 aliphatic carbocycles. The van der Waals surface area contributed by atoms with Gasteiger partial charge in [0.05, 0.1) is 5.22 Å². The molecule has 2 heterocycles. The molecule has 1 aromatic heterocycles. The molecule has 0 N–H and O–H groups in total. The topological polar surface area (TPSA) is 32.3 Å². The van der Waals surface area contributed by atoms with Crippen LogP contribution in [0.4, 0.5) is 0 Å². The number of benzene rings is 1. The number of rotatable bonds is 0. The molecule has 0 saturated carbocycles. The smallest absolute Gasteiger partial charge is 0.183 e. The summed E-state index contributed by atoms with van der Waals surface area (Å²) < 4.78 is 18.0. The van der Waals surface area contributed by atoms with E-state index in [2.05, 4.69) is 0 Å². The van der Waals surface area contributed by atoms with Crippen molar-refractivity contribution in [3.8, 4) is 5.75 Å². The Hall–Kier alpha value is -1.58. The molecule has 0 saturated heterocycles. The zero-order valence-electron chi connectivity index (χ0n) is 7.84. The molecule has 0 amide bonds. The third kappa shape index (κ3) is 1.37. The van der Waals surface area contributed by atoms with E-state index in [1.165, 1.54) is 0 Å². The number of para-hydroxylation sites is 1. The van der Waals surface area contributed by atoms with Crippen LogP contribution in [-0.4, -0.2) is 4.55 Å². The SMILES string of the molecule is [O-][s+]1ccc2c1=Cc1ccccc1OC=2.